The van der Waals surface area contributed by atoms with E-state index in [2.05, 4.69) is 10.3 Å². The highest BCUT2D eigenvalue weighted by Crippen LogP contribution is 2.31. The van der Waals surface area contributed by atoms with Crippen LogP contribution in [0.5, 0.6) is 0 Å². The fraction of sp³-hybridized carbons (Fsp3) is 0.562. The molecule has 0 aromatic heterocycles. The second-order valence-electron chi connectivity index (χ2n) is 5.76. The zero-order valence-electron chi connectivity index (χ0n) is 13.0. The molecular weight excluding hydrogens is 291 g/mol. The van der Waals surface area contributed by atoms with E-state index >= 15 is 0 Å². The molecular formula is C16H22F3N3. The molecule has 0 atom stereocenters. The Hall–Kier alpha value is -1.72. The van der Waals surface area contributed by atoms with Crippen LogP contribution in [-0.4, -0.2) is 31.5 Å². The van der Waals surface area contributed by atoms with E-state index in [1.54, 1.807) is 7.05 Å². The molecule has 1 fully saturated rings. The first-order valence-corrected chi connectivity index (χ1v) is 7.48. The molecule has 0 spiro atoms. The first kappa shape index (κ1) is 16.6. The Morgan fingerprint density at radius 2 is 1.91 bits per heavy atom. The molecule has 6 heteroatoms. The first-order chi connectivity index (χ1) is 10.4. The topological polar surface area (TPSA) is 27.6 Å². The second kappa shape index (κ2) is 7.03. The van der Waals surface area contributed by atoms with Crippen molar-refractivity contribution in [3.63, 3.8) is 0 Å². The van der Waals surface area contributed by atoms with Crippen LogP contribution in [0.2, 0.25) is 0 Å². The fourth-order valence-corrected chi connectivity index (χ4v) is 2.33. The van der Waals surface area contributed by atoms with Crippen LogP contribution in [0.3, 0.4) is 0 Å². The highest BCUT2D eigenvalue weighted by Gasteiger charge is 2.30. The summed E-state index contributed by atoms with van der Waals surface area (Å²) >= 11 is 0. The lowest BCUT2D eigenvalue weighted by molar-refractivity contribution is -0.137. The second-order valence-corrected chi connectivity index (χ2v) is 5.76. The first-order valence-electron chi connectivity index (χ1n) is 7.48. The van der Waals surface area contributed by atoms with Crippen LogP contribution in [0.1, 0.15) is 30.4 Å². The van der Waals surface area contributed by atoms with E-state index in [1.165, 1.54) is 25.0 Å². The summed E-state index contributed by atoms with van der Waals surface area (Å²) in [6.45, 7) is 1.40. The van der Waals surface area contributed by atoms with E-state index in [-0.39, 0.29) is 0 Å². The SMILES string of the molecule is CN=C(NCCC1CC1)N(C)Cc1ccc(C(F)(F)F)cc1. The summed E-state index contributed by atoms with van der Waals surface area (Å²) in [4.78, 5) is 6.12. The summed E-state index contributed by atoms with van der Waals surface area (Å²) in [7, 11) is 3.59. The molecule has 2 rings (SSSR count). The van der Waals surface area contributed by atoms with Gasteiger partial charge in [-0.15, -0.1) is 0 Å². The Kier molecular flexibility index (Phi) is 5.32. The smallest absolute Gasteiger partial charge is 0.356 e. The molecule has 0 heterocycles. The summed E-state index contributed by atoms with van der Waals surface area (Å²) in [6.07, 6.45) is -0.499. The summed E-state index contributed by atoms with van der Waals surface area (Å²) in [5.74, 6) is 1.62. The molecule has 0 bridgehead atoms. The van der Waals surface area contributed by atoms with Gasteiger partial charge in [0.1, 0.15) is 0 Å². The van der Waals surface area contributed by atoms with Gasteiger partial charge >= 0.3 is 6.18 Å². The van der Waals surface area contributed by atoms with Gasteiger partial charge in [0, 0.05) is 27.2 Å². The van der Waals surface area contributed by atoms with Gasteiger partial charge in [0.2, 0.25) is 0 Å². The van der Waals surface area contributed by atoms with Gasteiger partial charge < -0.3 is 10.2 Å². The summed E-state index contributed by atoms with van der Waals surface area (Å²) in [5.41, 5.74) is 0.200. The highest BCUT2D eigenvalue weighted by molar-refractivity contribution is 5.79. The molecule has 0 aliphatic heterocycles. The van der Waals surface area contributed by atoms with Gasteiger partial charge in [0.25, 0.3) is 0 Å². The molecule has 0 amide bonds. The number of hydrogen-bond acceptors (Lipinski definition) is 1. The molecule has 0 radical (unpaired) electrons. The lowest BCUT2D eigenvalue weighted by atomic mass is 10.1. The van der Waals surface area contributed by atoms with Crippen molar-refractivity contribution in [2.45, 2.75) is 32.0 Å². The molecule has 22 heavy (non-hydrogen) atoms. The molecule has 1 aromatic rings. The maximum atomic E-state index is 12.5. The maximum Gasteiger partial charge on any atom is 0.416 e. The van der Waals surface area contributed by atoms with Gasteiger partial charge in [-0.05, 0) is 30.0 Å². The van der Waals surface area contributed by atoms with Crippen LogP contribution in [0, 0.1) is 5.92 Å². The van der Waals surface area contributed by atoms with Crippen molar-refractivity contribution in [1.29, 1.82) is 0 Å². The lowest BCUT2D eigenvalue weighted by Crippen LogP contribution is -2.39. The van der Waals surface area contributed by atoms with Crippen molar-refractivity contribution < 1.29 is 13.2 Å². The minimum atomic E-state index is -4.29. The predicted octanol–water partition coefficient (Wildman–Crippen LogP) is 3.51. The van der Waals surface area contributed by atoms with Crippen molar-refractivity contribution in [1.82, 2.24) is 10.2 Å². The van der Waals surface area contributed by atoms with E-state index in [9.17, 15) is 13.2 Å². The molecule has 1 saturated carbocycles. The summed E-state index contributed by atoms with van der Waals surface area (Å²) in [5, 5.41) is 3.29. The van der Waals surface area contributed by atoms with E-state index in [0.29, 0.717) is 6.54 Å². The normalized spacial score (nSPS) is 15.8. The molecule has 1 aliphatic rings. The Morgan fingerprint density at radius 1 is 1.27 bits per heavy atom. The number of alkyl halides is 3. The minimum Gasteiger partial charge on any atom is -0.356 e. The quantitative estimate of drug-likeness (QED) is 0.665. The van der Waals surface area contributed by atoms with Crippen molar-refractivity contribution in [2.24, 2.45) is 10.9 Å². The molecule has 1 aliphatic carbocycles. The van der Waals surface area contributed by atoms with Crippen LogP contribution in [0.4, 0.5) is 13.2 Å². The Balaban J connectivity index is 1.87. The monoisotopic (exact) mass is 313 g/mol. The van der Waals surface area contributed by atoms with Gasteiger partial charge in [-0.1, -0.05) is 25.0 Å². The van der Waals surface area contributed by atoms with Gasteiger partial charge in [-0.3, -0.25) is 4.99 Å². The van der Waals surface area contributed by atoms with E-state index in [0.717, 1.165) is 42.5 Å². The Bertz CT molecular complexity index is 504. The number of nitrogens with zero attached hydrogens (tertiary/aromatic N) is 2. The third kappa shape index (κ3) is 4.93. The third-order valence-electron chi connectivity index (χ3n) is 3.81. The maximum absolute atomic E-state index is 12.5. The number of guanidine groups is 1. The molecule has 1 aromatic carbocycles. The third-order valence-corrected chi connectivity index (χ3v) is 3.81. The van der Waals surface area contributed by atoms with Crippen molar-refractivity contribution in [3.8, 4) is 0 Å². The van der Waals surface area contributed by atoms with Gasteiger partial charge in [0.15, 0.2) is 5.96 Å². The minimum absolute atomic E-state index is 0.515. The molecule has 0 saturated heterocycles. The van der Waals surface area contributed by atoms with E-state index in [4.69, 9.17) is 0 Å². The van der Waals surface area contributed by atoms with Crippen molar-refractivity contribution >= 4 is 5.96 Å². The van der Waals surface area contributed by atoms with Crippen LogP contribution in [-0.2, 0) is 12.7 Å². The van der Waals surface area contributed by atoms with E-state index in [1.807, 2.05) is 11.9 Å². The van der Waals surface area contributed by atoms with Crippen molar-refractivity contribution in [3.05, 3.63) is 35.4 Å². The number of halogens is 3. The van der Waals surface area contributed by atoms with Crippen molar-refractivity contribution in [2.75, 3.05) is 20.6 Å². The summed E-state index contributed by atoms with van der Waals surface area (Å²) < 4.78 is 37.6. The molecule has 0 unspecified atom stereocenters. The zero-order chi connectivity index (χ0) is 16.2. The van der Waals surface area contributed by atoms with Crippen LogP contribution in [0.25, 0.3) is 0 Å². The highest BCUT2D eigenvalue weighted by atomic mass is 19.4. The van der Waals surface area contributed by atoms with E-state index < -0.39 is 11.7 Å². The summed E-state index contributed by atoms with van der Waals surface area (Å²) in [6, 6.07) is 5.26. The van der Waals surface area contributed by atoms with Crippen LogP contribution >= 0.6 is 0 Å². The average Bonchev–Trinajstić information content (AvgIpc) is 3.27. The fourth-order valence-electron chi connectivity index (χ4n) is 2.33. The molecule has 3 nitrogen and oxygen atoms in total. The predicted molar refractivity (Wildman–Crippen MR) is 81.6 cm³/mol. The number of nitrogens with one attached hydrogen (secondary N) is 1. The molecule has 1 N–H and O–H groups in total. The van der Waals surface area contributed by atoms with Crippen LogP contribution in [0.15, 0.2) is 29.3 Å². The number of aliphatic imine (C=N–C) groups is 1. The number of benzene rings is 1. The largest absolute Gasteiger partial charge is 0.416 e. The number of rotatable bonds is 5. The van der Waals surface area contributed by atoms with Gasteiger partial charge in [-0.25, -0.2) is 0 Å². The van der Waals surface area contributed by atoms with Gasteiger partial charge in [-0.2, -0.15) is 13.2 Å². The number of hydrogen-bond donors (Lipinski definition) is 1. The Morgan fingerprint density at radius 3 is 2.41 bits per heavy atom. The van der Waals surface area contributed by atoms with Gasteiger partial charge in [0.05, 0.1) is 5.56 Å². The zero-order valence-corrected chi connectivity index (χ0v) is 13.0. The molecule has 122 valence electrons. The van der Waals surface area contributed by atoms with Crippen LogP contribution < -0.4 is 5.32 Å². The lowest BCUT2D eigenvalue weighted by Gasteiger charge is -2.22. The standard InChI is InChI=1S/C16H22F3N3/c1-20-15(21-10-9-12-3-4-12)22(2)11-13-5-7-14(8-6-13)16(17,18)19/h5-8,12H,3-4,9-11H2,1-2H3,(H,20,21). The Labute approximate surface area is 129 Å². The average molecular weight is 313 g/mol.